The zero-order chi connectivity index (χ0) is 27.0. The standard InChI is InChI=1S/C33H47NO3/c1-20(2)28-26-27(25-23(34-28)18-31(6,7)19-24(25)36-30(3,4)5)33(16-10-11-17-33)37-29(26)21-12-14-22(15-13-21)32(8,9)35/h12-15,20,24,29,35H,10-11,16-19H2,1-9H3. The smallest absolute Gasteiger partial charge is 0.111 e. The Labute approximate surface area is 224 Å². The van der Waals surface area contributed by atoms with Gasteiger partial charge < -0.3 is 14.6 Å². The monoisotopic (exact) mass is 505 g/mol. The van der Waals surface area contributed by atoms with Crippen LogP contribution >= 0.6 is 0 Å². The number of hydrogen-bond acceptors (Lipinski definition) is 4. The number of nitrogens with zero attached hydrogens (tertiary/aromatic N) is 1. The summed E-state index contributed by atoms with van der Waals surface area (Å²) in [4.78, 5) is 5.45. The van der Waals surface area contributed by atoms with Crippen molar-refractivity contribution in [3.63, 3.8) is 0 Å². The molecule has 2 aliphatic carbocycles. The molecule has 2 aromatic rings. The minimum atomic E-state index is -0.867. The van der Waals surface area contributed by atoms with Crippen LogP contribution in [0.2, 0.25) is 0 Å². The molecule has 1 spiro atoms. The van der Waals surface area contributed by atoms with E-state index in [1.807, 2.05) is 26.0 Å². The van der Waals surface area contributed by atoms with Gasteiger partial charge in [-0.2, -0.15) is 0 Å². The van der Waals surface area contributed by atoms with Gasteiger partial charge in [-0.3, -0.25) is 4.98 Å². The highest BCUT2D eigenvalue weighted by molar-refractivity contribution is 5.54. The lowest BCUT2D eigenvalue weighted by Crippen LogP contribution is -2.35. The van der Waals surface area contributed by atoms with Crippen molar-refractivity contribution in [3.05, 3.63) is 63.5 Å². The fourth-order valence-corrected chi connectivity index (χ4v) is 6.98. The molecule has 2 unspecified atom stereocenters. The molecule has 1 aromatic heterocycles. The van der Waals surface area contributed by atoms with Crippen molar-refractivity contribution in [3.8, 4) is 0 Å². The summed E-state index contributed by atoms with van der Waals surface area (Å²) in [6.45, 7) is 19.4. The Hall–Kier alpha value is -1.75. The molecule has 2 atom stereocenters. The molecule has 0 saturated heterocycles. The minimum Gasteiger partial charge on any atom is -0.386 e. The van der Waals surface area contributed by atoms with Crippen LogP contribution in [0.3, 0.4) is 0 Å². The zero-order valence-electron chi connectivity index (χ0n) is 24.5. The molecular formula is C33H47NO3. The lowest BCUT2D eigenvalue weighted by molar-refractivity contribution is -0.0881. The zero-order valence-corrected chi connectivity index (χ0v) is 24.5. The molecule has 0 amide bonds. The highest BCUT2D eigenvalue weighted by Gasteiger charge is 2.53. The van der Waals surface area contributed by atoms with Gasteiger partial charge >= 0.3 is 0 Å². The predicted molar refractivity (Wildman–Crippen MR) is 149 cm³/mol. The van der Waals surface area contributed by atoms with Crippen LogP contribution in [0.1, 0.15) is 152 Å². The molecule has 1 aliphatic heterocycles. The van der Waals surface area contributed by atoms with Crippen molar-refractivity contribution in [1.29, 1.82) is 0 Å². The average molecular weight is 506 g/mol. The van der Waals surface area contributed by atoms with Crippen LogP contribution in [0.25, 0.3) is 0 Å². The molecule has 5 rings (SSSR count). The van der Waals surface area contributed by atoms with Crippen molar-refractivity contribution in [2.45, 2.75) is 136 Å². The molecular weight excluding hydrogens is 458 g/mol. The van der Waals surface area contributed by atoms with Gasteiger partial charge in [0.15, 0.2) is 0 Å². The Morgan fingerprint density at radius 2 is 1.62 bits per heavy atom. The van der Waals surface area contributed by atoms with E-state index in [4.69, 9.17) is 14.5 Å². The molecule has 0 radical (unpaired) electrons. The van der Waals surface area contributed by atoms with Crippen molar-refractivity contribution in [2.75, 3.05) is 0 Å². The summed E-state index contributed by atoms with van der Waals surface area (Å²) in [5.74, 6) is 0.296. The Morgan fingerprint density at radius 3 is 2.16 bits per heavy atom. The van der Waals surface area contributed by atoms with E-state index in [0.717, 1.165) is 36.8 Å². The van der Waals surface area contributed by atoms with Gasteiger partial charge in [0.1, 0.15) is 6.10 Å². The number of rotatable bonds is 4. The molecule has 1 N–H and O–H groups in total. The van der Waals surface area contributed by atoms with Crippen molar-refractivity contribution in [1.82, 2.24) is 4.98 Å². The summed E-state index contributed by atoms with van der Waals surface area (Å²) in [5, 5.41) is 10.5. The van der Waals surface area contributed by atoms with Crippen LogP contribution < -0.4 is 0 Å². The largest absolute Gasteiger partial charge is 0.386 e. The maximum atomic E-state index is 10.5. The summed E-state index contributed by atoms with van der Waals surface area (Å²) >= 11 is 0. The first-order valence-electron chi connectivity index (χ1n) is 14.4. The molecule has 37 heavy (non-hydrogen) atoms. The van der Waals surface area contributed by atoms with Gasteiger partial charge in [0.05, 0.1) is 22.9 Å². The van der Waals surface area contributed by atoms with Gasteiger partial charge in [0.25, 0.3) is 0 Å². The molecule has 4 heteroatoms. The van der Waals surface area contributed by atoms with Crippen LogP contribution in [-0.2, 0) is 27.1 Å². The topological polar surface area (TPSA) is 51.6 Å². The van der Waals surface area contributed by atoms with Gasteiger partial charge in [-0.1, -0.05) is 64.8 Å². The number of ether oxygens (including phenoxy) is 2. The maximum absolute atomic E-state index is 10.5. The summed E-state index contributed by atoms with van der Waals surface area (Å²) in [5.41, 5.74) is 7.23. The van der Waals surface area contributed by atoms with Crippen LogP contribution in [-0.4, -0.2) is 15.7 Å². The third-order valence-electron chi connectivity index (χ3n) is 8.52. The molecule has 1 saturated carbocycles. The molecule has 2 heterocycles. The Kier molecular flexibility index (Phi) is 6.45. The second kappa shape index (κ2) is 8.89. The highest BCUT2D eigenvalue weighted by atomic mass is 16.5. The Bertz CT molecular complexity index is 1160. The van der Waals surface area contributed by atoms with Crippen molar-refractivity contribution in [2.24, 2.45) is 5.41 Å². The summed E-state index contributed by atoms with van der Waals surface area (Å²) in [7, 11) is 0. The van der Waals surface area contributed by atoms with E-state index in [1.165, 1.54) is 40.9 Å². The fraction of sp³-hybridized carbons (Fsp3) is 0.667. The number of hydrogen-bond donors (Lipinski definition) is 1. The van der Waals surface area contributed by atoms with E-state index in [0.29, 0.717) is 5.92 Å². The summed E-state index contributed by atoms with van der Waals surface area (Å²) in [6, 6.07) is 8.39. The van der Waals surface area contributed by atoms with E-state index in [-0.39, 0.29) is 28.8 Å². The number of pyridine rings is 1. The predicted octanol–water partition coefficient (Wildman–Crippen LogP) is 8.15. The van der Waals surface area contributed by atoms with E-state index < -0.39 is 5.60 Å². The van der Waals surface area contributed by atoms with Gasteiger partial charge in [0.2, 0.25) is 0 Å². The van der Waals surface area contributed by atoms with Crippen LogP contribution in [0.4, 0.5) is 0 Å². The van der Waals surface area contributed by atoms with Crippen molar-refractivity contribution < 1.29 is 14.6 Å². The van der Waals surface area contributed by atoms with E-state index >= 15 is 0 Å². The van der Waals surface area contributed by atoms with Crippen LogP contribution in [0.5, 0.6) is 0 Å². The highest BCUT2D eigenvalue weighted by Crippen LogP contribution is 2.60. The SMILES string of the molecule is CC(C)c1nc2c(c3c1C(c1ccc(C(C)(C)O)cc1)OC31CCCC1)C(OC(C)(C)C)CC(C)(C)C2. The molecule has 0 bridgehead atoms. The molecule has 202 valence electrons. The summed E-state index contributed by atoms with van der Waals surface area (Å²) in [6.07, 6.45) is 6.31. The second-order valence-corrected chi connectivity index (χ2v) is 14.4. The minimum absolute atomic E-state index is 0.0126. The van der Waals surface area contributed by atoms with Gasteiger partial charge in [-0.25, -0.2) is 0 Å². The summed E-state index contributed by atoms with van der Waals surface area (Å²) < 4.78 is 14.1. The second-order valence-electron chi connectivity index (χ2n) is 14.4. The third-order valence-corrected chi connectivity index (χ3v) is 8.52. The Balaban J connectivity index is 1.75. The normalized spacial score (nSPS) is 24.5. The third kappa shape index (κ3) is 4.90. The van der Waals surface area contributed by atoms with Gasteiger partial charge in [0, 0.05) is 22.5 Å². The average Bonchev–Trinajstić information content (AvgIpc) is 3.36. The number of fused-ring (bicyclic) bond motifs is 4. The molecule has 1 fully saturated rings. The first-order chi connectivity index (χ1) is 17.1. The van der Waals surface area contributed by atoms with E-state index in [2.05, 4.69) is 60.6 Å². The van der Waals surface area contributed by atoms with E-state index in [1.54, 1.807) is 0 Å². The van der Waals surface area contributed by atoms with Gasteiger partial charge in [-0.05, 0) is 88.3 Å². The number of aromatic nitrogens is 1. The fourth-order valence-electron chi connectivity index (χ4n) is 6.98. The van der Waals surface area contributed by atoms with Gasteiger partial charge in [-0.15, -0.1) is 0 Å². The molecule has 1 aromatic carbocycles. The Morgan fingerprint density at radius 1 is 1.00 bits per heavy atom. The first-order valence-corrected chi connectivity index (χ1v) is 14.4. The number of aliphatic hydroxyl groups is 1. The van der Waals surface area contributed by atoms with E-state index in [9.17, 15) is 5.11 Å². The van der Waals surface area contributed by atoms with Crippen LogP contribution in [0, 0.1) is 5.41 Å². The van der Waals surface area contributed by atoms with Crippen molar-refractivity contribution >= 4 is 0 Å². The quantitative estimate of drug-likeness (QED) is 0.455. The molecule has 4 nitrogen and oxygen atoms in total. The van der Waals surface area contributed by atoms with Crippen LogP contribution in [0.15, 0.2) is 24.3 Å². The lowest BCUT2D eigenvalue weighted by atomic mass is 9.70. The lowest BCUT2D eigenvalue weighted by Gasteiger charge is -2.42. The number of benzene rings is 1. The molecule has 3 aliphatic rings. The first kappa shape index (κ1) is 26.8. The maximum Gasteiger partial charge on any atom is 0.111 e.